The molecule has 0 aromatic heterocycles. The van der Waals surface area contributed by atoms with E-state index in [9.17, 15) is 15.0 Å². The molecular formula is C13H17NO3. The van der Waals surface area contributed by atoms with E-state index in [0.29, 0.717) is 32.5 Å². The minimum Gasteiger partial charge on any atom is -0.498 e. The van der Waals surface area contributed by atoms with Gasteiger partial charge in [-0.2, -0.15) is 0 Å². The molecule has 1 fully saturated rings. The number of piperidine rings is 1. The Morgan fingerprint density at radius 3 is 2.41 bits per heavy atom. The number of benzene rings is 1. The van der Waals surface area contributed by atoms with Crippen molar-refractivity contribution in [2.24, 2.45) is 0 Å². The van der Waals surface area contributed by atoms with E-state index in [1.807, 2.05) is 30.3 Å². The molecule has 1 aromatic rings. The van der Waals surface area contributed by atoms with Crippen LogP contribution in [0.15, 0.2) is 30.3 Å². The van der Waals surface area contributed by atoms with E-state index in [1.54, 1.807) is 0 Å². The number of aliphatic hydroxyl groups is 1. The molecule has 1 saturated heterocycles. The number of quaternary nitrogens is 1. The highest BCUT2D eigenvalue weighted by Crippen LogP contribution is 2.22. The Morgan fingerprint density at radius 1 is 1.29 bits per heavy atom. The molecular weight excluding hydrogens is 218 g/mol. The van der Waals surface area contributed by atoms with Crippen molar-refractivity contribution in [2.45, 2.75) is 25.5 Å². The maximum absolute atomic E-state index is 11.4. The van der Waals surface area contributed by atoms with Crippen LogP contribution in [0.2, 0.25) is 0 Å². The standard InChI is InChI=1S/C13H17NO3/c15-12-6-8-14(9-7-12,13(16)17)10-11-4-2-1-3-5-11/h1-5,12,15H,6-10H2. The van der Waals surface area contributed by atoms with Crippen molar-refractivity contribution in [1.82, 2.24) is 0 Å². The zero-order valence-electron chi connectivity index (χ0n) is 9.71. The van der Waals surface area contributed by atoms with Gasteiger partial charge in [0.1, 0.15) is 6.54 Å². The van der Waals surface area contributed by atoms with E-state index < -0.39 is 6.09 Å². The molecule has 1 amide bonds. The van der Waals surface area contributed by atoms with Crippen LogP contribution in [0, 0.1) is 0 Å². The van der Waals surface area contributed by atoms with Crippen molar-refractivity contribution in [3.8, 4) is 0 Å². The second-order valence-electron chi connectivity index (χ2n) is 4.73. The zero-order valence-corrected chi connectivity index (χ0v) is 9.71. The summed E-state index contributed by atoms with van der Waals surface area (Å²) in [4.78, 5) is 11.4. The molecule has 1 aromatic carbocycles. The first-order chi connectivity index (χ1) is 8.12. The molecule has 4 heteroatoms. The Hall–Kier alpha value is -1.39. The molecule has 4 nitrogen and oxygen atoms in total. The van der Waals surface area contributed by atoms with Gasteiger partial charge in [0.2, 0.25) is 0 Å². The SMILES string of the molecule is O=C([O-])[N+]1(Cc2ccccc2)CCC(O)CC1. The predicted octanol–water partition coefficient (Wildman–Crippen LogP) is 0.501. The molecule has 0 radical (unpaired) electrons. The van der Waals surface area contributed by atoms with E-state index in [2.05, 4.69) is 0 Å². The molecule has 1 aliphatic rings. The number of hydrogen-bond donors (Lipinski definition) is 1. The van der Waals surface area contributed by atoms with Crippen LogP contribution in [0.25, 0.3) is 0 Å². The van der Waals surface area contributed by atoms with Crippen molar-refractivity contribution in [1.29, 1.82) is 0 Å². The first-order valence-electron chi connectivity index (χ1n) is 5.92. The smallest absolute Gasteiger partial charge is 0.257 e. The lowest BCUT2D eigenvalue weighted by Gasteiger charge is -2.42. The quantitative estimate of drug-likeness (QED) is 0.759. The van der Waals surface area contributed by atoms with Crippen LogP contribution in [-0.2, 0) is 6.54 Å². The van der Waals surface area contributed by atoms with Crippen LogP contribution in [-0.4, -0.2) is 34.9 Å². The van der Waals surface area contributed by atoms with Crippen LogP contribution >= 0.6 is 0 Å². The minimum atomic E-state index is -1.04. The molecule has 0 saturated carbocycles. The molecule has 0 atom stereocenters. The highest BCUT2D eigenvalue weighted by atomic mass is 16.4. The third-order valence-corrected chi connectivity index (χ3v) is 3.50. The van der Waals surface area contributed by atoms with Gasteiger partial charge in [-0.15, -0.1) is 0 Å². The van der Waals surface area contributed by atoms with Gasteiger partial charge in [0.25, 0.3) is 6.09 Å². The summed E-state index contributed by atoms with van der Waals surface area (Å²) in [5, 5.41) is 20.8. The van der Waals surface area contributed by atoms with E-state index in [0.717, 1.165) is 5.56 Å². The van der Waals surface area contributed by atoms with Gasteiger partial charge in [0, 0.05) is 18.4 Å². The van der Waals surface area contributed by atoms with Crippen LogP contribution in [0.1, 0.15) is 18.4 Å². The molecule has 1 heterocycles. The molecule has 0 unspecified atom stereocenters. The van der Waals surface area contributed by atoms with Crippen molar-refractivity contribution in [2.75, 3.05) is 13.1 Å². The average molecular weight is 235 g/mol. The Labute approximate surface area is 101 Å². The molecule has 0 spiro atoms. The van der Waals surface area contributed by atoms with Gasteiger partial charge in [-0.3, -0.25) is 4.48 Å². The predicted molar refractivity (Wildman–Crippen MR) is 60.8 cm³/mol. The summed E-state index contributed by atoms with van der Waals surface area (Å²) in [6.45, 7) is 1.33. The van der Waals surface area contributed by atoms with Crippen molar-refractivity contribution in [3.05, 3.63) is 35.9 Å². The summed E-state index contributed by atoms with van der Waals surface area (Å²) in [5.41, 5.74) is 0.994. The Morgan fingerprint density at radius 2 is 1.88 bits per heavy atom. The van der Waals surface area contributed by atoms with E-state index >= 15 is 0 Å². The van der Waals surface area contributed by atoms with Crippen LogP contribution in [0.3, 0.4) is 0 Å². The molecule has 92 valence electrons. The molecule has 17 heavy (non-hydrogen) atoms. The summed E-state index contributed by atoms with van der Waals surface area (Å²) >= 11 is 0. The molecule has 0 bridgehead atoms. The fourth-order valence-corrected chi connectivity index (χ4v) is 2.39. The zero-order chi connectivity index (χ0) is 12.3. The third kappa shape index (κ3) is 2.65. The summed E-state index contributed by atoms with van der Waals surface area (Å²) in [6, 6.07) is 9.56. The molecule has 1 aliphatic heterocycles. The number of likely N-dealkylation sites (tertiary alicyclic amines) is 1. The number of carbonyl (C=O) groups is 1. The normalized spacial score (nSPS) is 28.9. The fraction of sp³-hybridized carbons (Fsp3) is 0.462. The van der Waals surface area contributed by atoms with E-state index in [1.165, 1.54) is 0 Å². The molecule has 0 aliphatic carbocycles. The van der Waals surface area contributed by atoms with Crippen LogP contribution < -0.4 is 5.11 Å². The van der Waals surface area contributed by atoms with Gasteiger partial charge >= 0.3 is 0 Å². The number of nitrogens with zero attached hydrogens (tertiary/aromatic N) is 1. The topological polar surface area (TPSA) is 60.4 Å². The van der Waals surface area contributed by atoms with E-state index in [-0.39, 0.29) is 10.6 Å². The van der Waals surface area contributed by atoms with Crippen LogP contribution in [0.5, 0.6) is 0 Å². The Balaban J connectivity index is 2.15. The number of aliphatic hydroxyl groups excluding tert-OH is 1. The fourth-order valence-electron chi connectivity index (χ4n) is 2.39. The number of hydrogen-bond acceptors (Lipinski definition) is 3. The lowest BCUT2D eigenvalue weighted by atomic mass is 10.0. The largest absolute Gasteiger partial charge is 0.498 e. The third-order valence-electron chi connectivity index (χ3n) is 3.50. The van der Waals surface area contributed by atoms with Gasteiger partial charge in [-0.1, -0.05) is 30.3 Å². The number of carbonyl (C=O) groups excluding carboxylic acids is 1. The summed E-state index contributed by atoms with van der Waals surface area (Å²) < 4.78 is -0.0684. The Bertz CT molecular complexity index is 383. The van der Waals surface area contributed by atoms with Gasteiger partial charge < -0.3 is 15.0 Å². The highest BCUT2D eigenvalue weighted by molar-refractivity contribution is 5.54. The second-order valence-corrected chi connectivity index (χ2v) is 4.73. The lowest BCUT2D eigenvalue weighted by Crippen LogP contribution is -2.61. The van der Waals surface area contributed by atoms with E-state index in [4.69, 9.17) is 0 Å². The first kappa shape index (κ1) is 12.1. The van der Waals surface area contributed by atoms with Gasteiger partial charge in [0.05, 0.1) is 19.2 Å². The van der Waals surface area contributed by atoms with Gasteiger partial charge in [0.15, 0.2) is 0 Å². The molecule has 2 rings (SSSR count). The highest BCUT2D eigenvalue weighted by Gasteiger charge is 2.35. The average Bonchev–Trinajstić information content (AvgIpc) is 2.33. The summed E-state index contributed by atoms with van der Waals surface area (Å²) in [6.07, 6.45) is -0.348. The first-order valence-corrected chi connectivity index (χ1v) is 5.92. The maximum Gasteiger partial charge on any atom is 0.257 e. The maximum atomic E-state index is 11.4. The Kier molecular flexibility index (Phi) is 3.45. The monoisotopic (exact) mass is 235 g/mol. The summed E-state index contributed by atoms with van der Waals surface area (Å²) in [5.74, 6) is 0. The second kappa shape index (κ2) is 4.85. The van der Waals surface area contributed by atoms with Crippen molar-refractivity contribution >= 4 is 6.09 Å². The van der Waals surface area contributed by atoms with Gasteiger partial charge in [-0.25, -0.2) is 0 Å². The number of rotatable bonds is 2. The summed E-state index contributed by atoms with van der Waals surface area (Å²) in [7, 11) is 0. The van der Waals surface area contributed by atoms with Crippen LogP contribution in [0.4, 0.5) is 4.79 Å². The minimum absolute atomic E-state index is 0.0684. The molecule has 1 N–H and O–H groups in total. The number of carboxylic acid groups (broad SMARTS) is 1. The van der Waals surface area contributed by atoms with Crippen molar-refractivity contribution in [3.63, 3.8) is 0 Å². The van der Waals surface area contributed by atoms with Crippen molar-refractivity contribution < 1.29 is 19.5 Å². The number of amides is 1. The van der Waals surface area contributed by atoms with Gasteiger partial charge in [-0.05, 0) is 0 Å². The lowest BCUT2D eigenvalue weighted by molar-refractivity contribution is -0.894.